The van der Waals surface area contributed by atoms with E-state index in [2.05, 4.69) is 5.92 Å². The Labute approximate surface area is 109 Å². The first-order chi connectivity index (χ1) is 8.52. The van der Waals surface area contributed by atoms with Gasteiger partial charge in [-0.15, -0.1) is 12.3 Å². The lowest BCUT2D eigenvalue weighted by molar-refractivity contribution is -0.117. The molecule has 0 bridgehead atoms. The molecule has 5 heteroatoms. The summed E-state index contributed by atoms with van der Waals surface area (Å²) in [6.07, 6.45) is 5.53. The maximum atomic E-state index is 11.8. The van der Waals surface area contributed by atoms with E-state index < -0.39 is 5.97 Å². The van der Waals surface area contributed by atoms with Gasteiger partial charge in [0.2, 0.25) is 5.91 Å². The Kier molecular flexibility index (Phi) is 3.26. The number of amides is 1. The van der Waals surface area contributed by atoms with Crippen LogP contribution < -0.4 is 4.90 Å². The molecule has 0 aromatic heterocycles. The zero-order valence-corrected chi connectivity index (χ0v) is 10.1. The summed E-state index contributed by atoms with van der Waals surface area (Å²) >= 11 is 5.85. The first kappa shape index (κ1) is 12.5. The Hall–Kier alpha value is -1.99. The molecule has 0 spiro atoms. The largest absolute Gasteiger partial charge is 0.478 e. The highest BCUT2D eigenvalue weighted by Gasteiger charge is 2.31. The third-order valence-corrected chi connectivity index (χ3v) is 3.08. The first-order valence-electron chi connectivity index (χ1n) is 5.32. The Morgan fingerprint density at radius 2 is 2.28 bits per heavy atom. The van der Waals surface area contributed by atoms with Gasteiger partial charge in [-0.05, 0) is 18.2 Å². The fourth-order valence-electron chi connectivity index (χ4n) is 1.96. The van der Waals surface area contributed by atoms with Crippen LogP contribution in [0, 0.1) is 18.3 Å². The van der Waals surface area contributed by atoms with Crippen molar-refractivity contribution in [2.75, 3.05) is 11.4 Å². The van der Waals surface area contributed by atoms with E-state index in [4.69, 9.17) is 23.1 Å². The zero-order valence-electron chi connectivity index (χ0n) is 9.39. The van der Waals surface area contributed by atoms with Crippen LogP contribution in [-0.2, 0) is 4.79 Å². The predicted molar refractivity (Wildman–Crippen MR) is 67.7 cm³/mol. The van der Waals surface area contributed by atoms with E-state index in [0.717, 1.165) is 0 Å². The number of hydrogen-bond acceptors (Lipinski definition) is 2. The maximum Gasteiger partial charge on any atom is 0.337 e. The molecule has 1 unspecified atom stereocenters. The average molecular weight is 264 g/mol. The number of anilines is 1. The summed E-state index contributed by atoms with van der Waals surface area (Å²) in [5.41, 5.74) is 0.350. The van der Waals surface area contributed by atoms with Crippen LogP contribution >= 0.6 is 11.6 Å². The van der Waals surface area contributed by atoms with Crippen LogP contribution in [0.1, 0.15) is 16.8 Å². The lowest BCUT2D eigenvalue weighted by Crippen LogP contribution is -2.26. The summed E-state index contributed by atoms with van der Waals surface area (Å²) in [6, 6.07) is 4.34. The molecule has 1 aromatic rings. The number of rotatable bonds is 2. The van der Waals surface area contributed by atoms with E-state index in [1.54, 1.807) is 0 Å². The van der Waals surface area contributed by atoms with Crippen molar-refractivity contribution in [2.24, 2.45) is 5.92 Å². The molecule has 2 rings (SSSR count). The van der Waals surface area contributed by atoms with Crippen LogP contribution in [0.3, 0.4) is 0 Å². The van der Waals surface area contributed by atoms with Crippen LogP contribution in [0.25, 0.3) is 0 Å². The summed E-state index contributed by atoms with van der Waals surface area (Å²) in [5, 5.41) is 9.49. The molecule has 0 radical (unpaired) electrons. The van der Waals surface area contributed by atoms with Crippen LogP contribution in [0.5, 0.6) is 0 Å². The first-order valence-corrected chi connectivity index (χ1v) is 5.70. The molecular weight excluding hydrogens is 254 g/mol. The molecular formula is C13H10ClNO3. The molecule has 1 amide bonds. The smallest absolute Gasteiger partial charge is 0.337 e. The molecule has 4 nitrogen and oxygen atoms in total. The van der Waals surface area contributed by atoms with Gasteiger partial charge in [0.15, 0.2) is 0 Å². The molecule has 1 fully saturated rings. The molecule has 92 valence electrons. The fraction of sp³-hybridized carbons (Fsp3) is 0.231. The van der Waals surface area contributed by atoms with Crippen molar-refractivity contribution in [3.63, 3.8) is 0 Å². The molecule has 1 atom stereocenters. The van der Waals surface area contributed by atoms with Gasteiger partial charge in [0.05, 0.1) is 11.3 Å². The number of carbonyl (C=O) groups excluding carboxylic acids is 1. The van der Waals surface area contributed by atoms with Gasteiger partial charge in [-0.25, -0.2) is 4.79 Å². The molecule has 1 saturated heterocycles. The second kappa shape index (κ2) is 4.71. The van der Waals surface area contributed by atoms with Gasteiger partial charge in [-0.3, -0.25) is 4.79 Å². The van der Waals surface area contributed by atoms with Crippen molar-refractivity contribution in [1.82, 2.24) is 0 Å². The lowest BCUT2D eigenvalue weighted by Gasteiger charge is -2.18. The quantitative estimate of drug-likeness (QED) is 0.831. The average Bonchev–Trinajstić information content (AvgIpc) is 2.70. The maximum absolute atomic E-state index is 11.8. The zero-order chi connectivity index (χ0) is 13.3. The molecule has 18 heavy (non-hydrogen) atoms. The van der Waals surface area contributed by atoms with Crippen LogP contribution in [0.4, 0.5) is 5.69 Å². The summed E-state index contributed by atoms with van der Waals surface area (Å²) in [4.78, 5) is 24.3. The summed E-state index contributed by atoms with van der Waals surface area (Å²) in [7, 11) is 0. The third-order valence-electron chi connectivity index (χ3n) is 2.84. The van der Waals surface area contributed by atoms with Gasteiger partial charge in [-0.2, -0.15) is 0 Å². The normalized spacial score (nSPS) is 18.8. The highest BCUT2D eigenvalue weighted by atomic mass is 35.5. The van der Waals surface area contributed by atoms with Crippen molar-refractivity contribution in [2.45, 2.75) is 6.42 Å². The molecule has 1 aliphatic heterocycles. The summed E-state index contributed by atoms with van der Waals surface area (Å²) in [5.74, 6) is 1.06. The predicted octanol–water partition coefficient (Wildman–Crippen LogP) is 2.02. The number of carboxylic acids is 1. The number of carboxylic acid groups (broad SMARTS) is 1. The number of halogens is 1. The van der Waals surface area contributed by atoms with Crippen molar-refractivity contribution in [1.29, 1.82) is 0 Å². The second-order valence-electron chi connectivity index (χ2n) is 4.04. The van der Waals surface area contributed by atoms with Crippen molar-refractivity contribution >= 4 is 29.2 Å². The highest BCUT2D eigenvalue weighted by Crippen LogP contribution is 2.30. The summed E-state index contributed by atoms with van der Waals surface area (Å²) < 4.78 is 0. The van der Waals surface area contributed by atoms with E-state index in [1.165, 1.54) is 23.1 Å². The molecule has 0 aliphatic carbocycles. The van der Waals surface area contributed by atoms with E-state index in [9.17, 15) is 9.59 Å². The minimum Gasteiger partial charge on any atom is -0.478 e. The van der Waals surface area contributed by atoms with Crippen LogP contribution in [0.2, 0.25) is 5.02 Å². The number of benzene rings is 1. The standard InChI is InChI=1S/C13H10ClNO3/c1-2-8-5-12(16)15(7-8)11-6-9(14)3-4-10(11)13(17)18/h1,3-4,6,8H,5,7H2,(H,17,18). The topological polar surface area (TPSA) is 57.6 Å². The molecule has 0 saturated carbocycles. The minimum atomic E-state index is -1.10. The monoisotopic (exact) mass is 263 g/mol. The Bertz CT molecular complexity index is 562. The van der Waals surface area contributed by atoms with E-state index in [-0.39, 0.29) is 23.8 Å². The van der Waals surface area contributed by atoms with Gasteiger partial charge >= 0.3 is 5.97 Å². The van der Waals surface area contributed by atoms with E-state index in [1.807, 2.05) is 0 Å². The Balaban J connectivity index is 2.45. The Morgan fingerprint density at radius 1 is 1.56 bits per heavy atom. The number of hydrogen-bond donors (Lipinski definition) is 1. The van der Waals surface area contributed by atoms with Gasteiger partial charge in [0, 0.05) is 23.9 Å². The van der Waals surface area contributed by atoms with Gasteiger partial charge < -0.3 is 10.0 Å². The molecule has 1 heterocycles. The lowest BCUT2D eigenvalue weighted by atomic mass is 10.1. The SMILES string of the molecule is C#CC1CC(=O)N(c2cc(Cl)ccc2C(=O)O)C1. The van der Waals surface area contributed by atoms with Crippen LogP contribution in [0.15, 0.2) is 18.2 Å². The molecule has 1 aliphatic rings. The molecule has 1 aromatic carbocycles. The van der Waals surface area contributed by atoms with Gasteiger partial charge in [0.25, 0.3) is 0 Å². The van der Waals surface area contributed by atoms with Crippen LogP contribution in [-0.4, -0.2) is 23.5 Å². The van der Waals surface area contributed by atoms with Crippen molar-refractivity contribution in [3.8, 4) is 12.3 Å². The van der Waals surface area contributed by atoms with Crippen molar-refractivity contribution in [3.05, 3.63) is 28.8 Å². The number of terminal acetylenes is 1. The summed E-state index contributed by atoms with van der Waals surface area (Å²) in [6.45, 7) is 0.329. The molecule has 1 N–H and O–H groups in total. The van der Waals surface area contributed by atoms with E-state index in [0.29, 0.717) is 17.3 Å². The van der Waals surface area contributed by atoms with Gasteiger partial charge in [0.1, 0.15) is 0 Å². The Morgan fingerprint density at radius 3 is 2.83 bits per heavy atom. The number of aromatic carboxylic acids is 1. The van der Waals surface area contributed by atoms with E-state index >= 15 is 0 Å². The number of nitrogens with zero attached hydrogens (tertiary/aromatic N) is 1. The van der Waals surface area contributed by atoms with Crippen molar-refractivity contribution < 1.29 is 14.7 Å². The fourth-order valence-corrected chi connectivity index (χ4v) is 2.13. The second-order valence-corrected chi connectivity index (χ2v) is 4.48. The van der Waals surface area contributed by atoms with Gasteiger partial charge in [-0.1, -0.05) is 11.6 Å². The third kappa shape index (κ3) is 2.18. The highest BCUT2D eigenvalue weighted by molar-refractivity contribution is 6.31. The number of carbonyl (C=O) groups is 2. The minimum absolute atomic E-state index is 0.0467.